The van der Waals surface area contributed by atoms with Crippen molar-refractivity contribution in [2.24, 2.45) is 7.05 Å². The molecule has 3 aromatic rings. The highest BCUT2D eigenvalue weighted by atomic mass is 79.9. The molecule has 0 aliphatic heterocycles. The molecule has 3 rings (SSSR count). The van der Waals surface area contributed by atoms with Crippen LogP contribution in [0.15, 0.2) is 31.9 Å². The summed E-state index contributed by atoms with van der Waals surface area (Å²) in [5, 5.41) is 7.24. The number of hydrogen-bond donors (Lipinski definition) is 1. The van der Waals surface area contributed by atoms with Crippen LogP contribution in [0.4, 0.5) is 5.82 Å². The van der Waals surface area contributed by atoms with E-state index in [4.69, 9.17) is 4.42 Å². The van der Waals surface area contributed by atoms with E-state index in [9.17, 15) is 4.79 Å². The minimum absolute atomic E-state index is 0.366. The number of fused-ring (bicyclic) bond motifs is 1. The topological polar surface area (TPSA) is 67.1 Å². The molecule has 0 bridgehead atoms. The van der Waals surface area contributed by atoms with Crippen LogP contribution in [0.3, 0.4) is 0 Å². The number of benzene rings is 1. The first-order valence-electron chi connectivity index (χ1n) is 6.00. The Bertz CT molecular complexity index is 844. The van der Waals surface area contributed by atoms with Crippen molar-refractivity contribution in [1.29, 1.82) is 0 Å². The van der Waals surface area contributed by atoms with Gasteiger partial charge in [-0.2, -0.15) is 5.10 Å². The van der Waals surface area contributed by atoms with Crippen molar-refractivity contribution in [3.05, 3.63) is 33.2 Å². The zero-order valence-corrected chi connectivity index (χ0v) is 12.9. The zero-order chi connectivity index (χ0) is 14.4. The van der Waals surface area contributed by atoms with Crippen LogP contribution in [0.5, 0.6) is 0 Å². The second-order valence-corrected chi connectivity index (χ2v) is 5.53. The maximum Gasteiger partial charge on any atom is 0.419 e. The Kier molecular flexibility index (Phi) is 2.93. The first-order valence-corrected chi connectivity index (χ1v) is 6.79. The minimum atomic E-state index is -0.366. The second kappa shape index (κ2) is 4.52. The van der Waals surface area contributed by atoms with E-state index in [0.29, 0.717) is 5.58 Å². The number of anilines is 1. The van der Waals surface area contributed by atoms with Gasteiger partial charge < -0.3 is 9.32 Å². The molecule has 0 unspecified atom stereocenters. The minimum Gasteiger partial charge on any atom is -0.408 e. The lowest BCUT2D eigenvalue weighted by Crippen LogP contribution is -2.09. The van der Waals surface area contributed by atoms with Crippen molar-refractivity contribution in [2.45, 2.75) is 0 Å². The lowest BCUT2D eigenvalue weighted by Gasteiger charge is -2.08. The molecule has 0 radical (unpaired) electrons. The molecule has 0 saturated carbocycles. The van der Waals surface area contributed by atoms with Crippen LogP contribution >= 0.6 is 15.9 Å². The van der Waals surface area contributed by atoms with Crippen molar-refractivity contribution >= 4 is 32.8 Å². The summed E-state index contributed by atoms with van der Waals surface area (Å²) in [7, 11) is 5.53. The van der Waals surface area contributed by atoms with Gasteiger partial charge in [-0.1, -0.05) is 6.07 Å². The number of aromatic nitrogens is 3. The Labute approximate surface area is 123 Å². The highest BCUT2D eigenvalue weighted by molar-refractivity contribution is 9.10. The molecule has 1 N–H and O–H groups in total. The monoisotopic (exact) mass is 336 g/mol. The van der Waals surface area contributed by atoms with Gasteiger partial charge in [0.15, 0.2) is 11.4 Å². The molecule has 1 aromatic carbocycles. The summed E-state index contributed by atoms with van der Waals surface area (Å²) < 4.78 is 7.56. The van der Waals surface area contributed by atoms with E-state index in [1.165, 1.54) is 4.57 Å². The van der Waals surface area contributed by atoms with Crippen LogP contribution in [0.2, 0.25) is 0 Å². The van der Waals surface area contributed by atoms with Crippen molar-refractivity contribution in [3.63, 3.8) is 0 Å². The van der Waals surface area contributed by atoms with E-state index in [0.717, 1.165) is 27.1 Å². The third-order valence-corrected chi connectivity index (χ3v) is 3.95. The Hall–Kier alpha value is -2.02. The second-order valence-electron chi connectivity index (χ2n) is 4.74. The van der Waals surface area contributed by atoms with Gasteiger partial charge in [0.05, 0.1) is 15.7 Å². The summed E-state index contributed by atoms with van der Waals surface area (Å²) in [5.41, 5.74) is 3.08. The van der Waals surface area contributed by atoms with Gasteiger partial charge in [0.2, 0.25) is 0 Å². The van der Waals surface area contributed by atoms with Gasteiger partial charge in [0.25, 0.3) is 0 Å². The molecule has 104 valence electrons. The molecule has 0 amide bonds. The normalized spacial score (nSPS) is 11.2. The van der Waals surface area contributed by atoms with Crippen LogP contribution in [0.25, 0.3) is 22.4 Å². The van der Waals surface area contributed by atoms with Crippen LogP contribution in [0, 0.1) is 0 Å². The molecule has 0 aliphatic rings. The number of nitrogens with zero attached hydrogens (tertiary/aromatic N) is 3. The van der Waals surface area contributed by atoms with E-state index in [-0.39, 0.29) is 5.76 Å². The van der Waals surface area contributed by atoms with Gasteiger partial charge >= 0.3 is 5.76 Å². The van der Waals surface area contributed by atoms with E-state index in [1.807, 2.05) is 37.2 Å². The number of hydrogen-bond acceptors (Lipinski definition) is 4. The van der Waals surface area contributed by atoms with Gasteiger partial charge in [-0.15, -0.1) is 0 Å². The van der Waals surface area contributed by atoms with Gasteiger partial charge in [-0.25, -0.2) is 4.79 Å². The molecule has 0 saturated heterocycles. The molecule has 6 nitrogen and oxygen atoms in total. The first kappa shape index (κ1) is 13.0. The highest BCUT2D eigenvalue weighted by Crippen LogP contribution is 2.34. The number of rotatable bonds is 2. The summed E-state index contributed by atoms with van der Waals surface area (Å²) in [6.45, 7) is 0. The fraction of sp³-hybridized carbons (Fsp3) is 0.231. The van der Waals surface area contributed by atoms with E-state index in [1.54, 1.807) is 7.05 Å². The Morgan fingerprint density at radius 3 is 2.80 bits per heavy atom. The van der Waals surface area contributed by atoms with Gasteiger partial charge in [-0.3, -0.25) is 9.67 Å². The van der Waals surface area contributed by atoms with E-state index in [2.05, 4.69) is 26.1 Å². The lowest BCUT2D eigenvalue weighted by molar-refractivity contribution is 0.528. The molecular weight excluding hydrogens is 324 g/mol. The lowest BCUT2D eigenvalue weighted by atomic mass is 10.1. The maximum absolute atomic E-state index is 11.5. The smallest absolute Gasteiger partial charge is 0.408 e. The average Bonchev–Trinajstić information content (AvgIpc) is 2.91. The summed E-state index contributed by atoms with van der Waals surface area (Å²) in [6.07, 6.45) is 0. The number of aromatic amines is 1. The molecule has 20 heavy (non-hydrogen) atoms. The largest absolute Gasteiger partial charge is 0.419 e. The molecule has 2 aromatic heterocycles. The summed E-state index contributed by atoms with van der Waals surface area (Å²) in [6, 6.07) is 5.61. The SMILES string of the molecule is CN(C)c1n[nH]c(-c2ccc3c(c2)oc(=O)n3C)c1Br. The number of oxazole rings is 1. The zero-order valence-electron chi connectivity index (χ0n) is 11.3. The number of nitrogens with one attached hydrogen (secondary N) is 1. The fourth-order valence-electron chi connectivity index (χ4n) is 2.10. The van der Waals surface area contributed by atoms with Gasteiger partial charge in [0, 0.05) is 26.7 Å². The Balaban J connectivity index is 2.17. The number of H-pyrrole nitrogens is 1. The molecule has 7 heteroatoms. The Morgan fingerprint density at radius 1 is 1.40 bits per heavy atom. The number of halogens is 1. The number of aryl methyl sites for hydroxylation is 1. The van der Waals surface area contributed by atoms with Crippen LogP contribution in [-0.4, -0.2) is 28.9 Å². The summed E-state index contributed by atoms with van der Waals surface area (Å²) in [4.78, 5) is 13.4. The summed E-state index contributed by atoms with van der Waals surface area (Å²) >= 11 is 3.54. The summed E-state index contributed by atoms with van der Waals surface area (Å²) in [5.74, 6) is 0.449. The van der Waals surface area contributed by atoms with Gasteiger partial charge in [-0.05, 0) is 28.1 Å². The predicted molar refractivity (Wildman–Crippen MR) is 81.1 cm³/mol. The quantitative estimate of drug-likeness (QED) is 0.780. The van der Waals surface area contributed by atoms with Gasteiger partial charge in [0.1, 0.15) is 0 Å². The third-order valence-electron chi connectivity index (χ3n) is 3.19. The fourth-order valence-corrected chi connectivity index (χ4v) is 2.86. The predicted octanol–water partition coefficient (Wildman–Crippen LogP) is 2.35. The molecule has 0 fully saturated rings. The maximum atomic E-state index is 11.5. The average molecular weight is 337 g/mol. The van der Waals surface area contributed by atoms with Crippen molar-refractivity contribution < 1.29 is 4.42 Å². The molecule has 0 atom stereocenters. The van der Waals surface area contributed by atoms with E-state index < -0.39 is 0 Å². The van der Waals surface area contributed by atoms with Crippen LogP contribution in [-0.2, 0) is 7.05 Å². The van der Waals surface area contributed by atoms with Crippen molar-refractivity contribution in [2.75, 3.05) is 19.0 Å². The standard InChI is InChI=1S/C13H13BrN4O2/c1-17(2)12-10(14)11(15-16-12)7-4-5-8-9(6-7)20-13(19)18(8)3/h4-6H,1-3H3,(H,15,16). The van der Waals surface area contributed by atoms with Crippen LogP contribution in [0.1, 0.15) is 0 Å². The third kappa shape index (κ3) is 1.85. The molecule has 0 aliphatic carbocycles. The van der Waals surface area contributed by atoms with E-state index >= 15 is 0 Å². The molecular formula is C13H13BrN4O2. The molecule has 2 heterocycles. The molecule has 0 spiro atoms. The Morgan fingerprint density at radius 2 is 2.15 bits per heavy atom. The first-order chi connectivity index (χ1) is 9.49. The van der Waals surface area contributed by atoms with Crippen LogP contribution < -0.4 is 10.7 Å². The van der Waals surface area contributed by atoms with Crippen molar-refractivity contribution in [1.82, 2.24) is 14.8 Å². The van der Waals surface area contributed by atoms with Crippen molar-refractivity contribution in [3.8, 4) is 11.3 Å². The highest BCUT2D eigenvalue weighted by Gasteiger charge is 2.15.